The fourth-order valence-electron chi connectivity index (χ4n) is 3.11. The maximum Gasteiger partial charge on any atom is 0.573 e. The van der Waals surface area contributed by atoms with Crippen molar-refractivity contribution < 1.29 is 31.1 Å². The summed E-state index contributed by atoms with van der Waals surface area (Å²) in [5.41, 5.74) is 0.178. The molecule has 1 aliphatic rings. The largest absolute Gasteiger partial charge is 0.573 e. The van der Waals surface area contributed by atoms with E-state index < -0.39 is 28.2 Å². The number of alkyl halides is 3. The van der Waals surface area contributed by atoms with E-state index in [2.05, 4.69) is 10.1 Å². The molecule has 1 aliphatic heterocycles. The second kappa shape index (κ2) is 8.72. The predicted molar refractivity (Wildman–Crippen MR) is 101 cm³/mol. The maximum atomic E-state index is 12.7. The molecule has 2 heterocycles. The van der Waals surface area contributed by atoms with Crippen LogP contribution in [0.3, 0.4) is 0 Å². The van der Waals surface area contributed by atoms with Crippen LogP contribution >= 0.6 is 11.3 Å². The Kier molecular flexibility index (Phi) is 6.49. The molecule has 1 saturated heterocycles. The standard InChI is InChI=1S/C18H19F3N2O4S2/c19-18(20,21)27-15-7-2-1-5-13(15)11-22-17(24)14-6-3-9-23(12-14)29(25,26)16-8-4-10-28-16/h1-2,4-5,7-8,10,14H,3,6,9,11-12H2,(H,22,24). The summed E-state index contributed by atoms with van der Waals surface area (Å²) in [7, 11) is -3.65. The number of hydrogen-bond donors (Lipinski definition) is 1. The molecule has 1 unspecified atom stereocenters. The number of carbonyl (C=O) groups is 1. The Bertz CT molecular complexity index is 946. The molecule has 0 spiro atoms. The number of amides is 1. The number of piperidine rings is 1. The smallest absolute Gasteiger partial charge is 0.405 e. The van der Waals surface area contributed by atoms with Crippen molar-refractivity contribution in [2.24, 2.45) is 5.92 Å². The minimum Gasteiger partial charge on any atom is -0.405 e. The van der Waals surface area contributed by atoms with Gasteiger partial charge in [-0.15, -0.1) is 24.5 Å². The van der Waals surface area contributed by atoms with Gasteiger partial charge < -0.3 is 10.1 Å². The Morgan fingerprint density at radius 1 is 1.24 bits per heavy atom. The molecule has 6 nitrogen and oxygen atoms in total. The molecular weight excluding hydrogens is 429 g/mol. The SMILES string of the molecule is O=C(NCc1ccccc1OC(F)(F)F)C1CCCN(S(=O)(=O)c2cccs2)C1. The van der Waals surface area contributed by atoms with E-state index in [1.165, 1.54) is 28.6 Å². The molecule has 1 aromatic carbocycles. The van der Waals surface area contributed by atoms with Crippen molar-refractivity contribution in [3.05, 3.63) is 47.3 Å². The lowest BCUT2D eigenvalue weighted by atomic mass is 9.98. The topological polar surface area (TPSA) is 75.7 Å². The van der Waals surface area contributed by atoms with Crippen LogP contribution in [0.25, 0.3) is 0 Å². The van der Waals surface area contributed by atoms with Gasteiger partial charge in [0.25, 0.3) is 10.0 Å². The zero-order chi connectivity index (χ0) is 21.1. The third kappa shape index (κ3) is 5.49. The van der Waals surface area contributed by atoms with Crippen LogP contribution in [-0.4, -0.2) is 38.1 Å². The summed E-state index contributed by atoms with van der Waals surface area (Å²) >= 11 is 1.11. The highest BCUT2D eigenvalue weighted by molar-refractivity contribution is 7.91. The van der Waals surface area contributed by atoms with Crippen LogP contribution in [0.1, 0.15) is 18.4 Å². The first-order valence-corrected chi connectivity index (χ1v) is 11.1. The van der Waals surface area contributed by atoms with Crippen LogP contribution in [0, 0.1) is 5.92 Å². The van der Waals surface area contributed by atoms with Gasteiger partial charge in [0.2, 0.25) is 5.91 Å². The highest BCUT2D eigenvalue weighted by Crippen LogP contribution is 2.28. The average molecular weight is 448 g/mol. The van der Waals surface area contributed by atoms with E-state index in [9.17, 15) is 26.4 Å². The Labute approximate surface area is 170 Å². The Morgan fingerprint density at radius 3 is 2.69 bits per heavy atom. The van der Waals surface area contributed by atoms with Crippen LogP contribution in [0.2, 0.25) is 0 Å². The number of hydrogen-bond acceptors (Lipinski definition) is 5. The molecule has 0 bridgehead atoms. The van der Waals surface area contributed by atoms with Gasteiger partial charge in [-0.1, -0.05) is 24.3 Å². The van der Waals surface area contributed by atoms with Crippen molar-refractivity contribution >= 4 is 27.3 Å². The van der Waals surface area contributed by atoms with E-state index in [4.69, 9.17) is 0 Å². The summed E-state index contributed by atoms with van der Waals surface area (Å²) in [6, 6.07) is 8.70. The lowest BCUT2D eigenvalue weighted by molar-refractivity contribution is -0.274. The van der Waals surface area contributed by atoms with Crippen molar-refractivity contribution in [3.63, 3.8) is 0 Å². The molecule has 0 radical (unpaired) electrons. The number of ether oxygens (including phenoxy) is 1. The van der Waals surface area contributed by atoms with Crippen LogP contribution in [0.5, 0.6) is 5.75 Å². The molecule has 1 atom stereocenters. The quantitative estimate of drug-likeness (QED) is 0.735. The molecular formula is C18H19F3N2O4S2. The third-order valence-electron chi connectivity index (χ3n) is 4.50. The van der Waals surface area contributed by atoms with Gasteiger partial charge in [0.1, 0.15) is 9.96 Å². The lowest BCUT2D eigenvalue weighted by Gasteiger charge is -2.30. The highest BCUT2D eigenvalue weighted by atomic mass is 32.2. The zero-order valence-corrected chi connectivity index (χ0v) is 16.8. The summed E-state index contributed by atoms with van der Waals surface area (Å²) in [6.07, 6.45) is -3.81. The van der Waals surface area contributed by atoms with Gasteiger partial charge >= 0.3 is 6.36 Å². The molecule has 29 heavy (non-hydrogen) atoms. The lowest BCUT2D eigenvalue weighted by Crippen LogP contribution is -2.45. The Hall–Kier alpha value is -2.11. The van der Waals surface area contributed by atoms with Gasteiger partial charge in [-0.3, -0.25) is 4.79 Å². The first-order valence-electron chi connectivity index (χ1n) is 8.82. The fraction of sp³-hybridized carbons (Fsp3) is 0.389. The van der Waals surface area contributed by atoms with E-state index in [0.717, 1.165) is 11.3 Å². The molecule has 0 aliphatic carbocycles. The molecule has 1 aromatic heterocycles. The van der Waals surface area contributed by atoms with Crippen molar-refractivity contribution in [2.45, 2.75) is 30.0 Å². The minimum atomic E-state index is -4.83. The highest BCUT2D eigenvalue weighted by Gasteiger charge is 2.34. The van der Waals surface area contributed by atoms with Crippen molar-refractivity contribution in [3.8, 4) is 5.75 Å². The van der Waals surface area contributed by atoms with Crippen molar-refractivity contribution in [1.29, 1.82) is 0 Å². The Balaban J connectivity index is 1.63. The number of rotatable bonds is 6. The molecule has 0 saturated carbocycles. The number of carbonyl (C=O) groups excluding carboxylic acids is 1. The predicted octanol–water partition coefficient (Wildman–Crippen LogP) is 3.36. The summed E-state index contributed by atoms with van der Waals surface area (Å²) < 4.78 is 68.3. The van der Waals surface area contributed by atoms with Gasteiger partial charge in [0, 0.05) is 25.2 Å². The van der Waals surface area contributed by atoms with Crippen molar-refractivity contribution in [1.82, 2.24) is 9.62 Å². The third-order valence-corrected chi connectivity index (χ3v) is 7.73. The van der Waals surface area contributed by atoms with Gasteiger partial charge in [0.05, 0.1) is 5.92 Å². The van der Waals surface area contributed by atoms with E-state index in [-0.39, 0.29) is 28.6 Å². The summed E-state index contributed by atoms with van der Waals surface area (Å²) in [5.74, 6) is -1.36. The van der Waals surface area contributed by atoms with E-state index in [1.54, 1.807) is 17.5 Å². The molecule has 1 fully saturated rings. The molecule has 1 N–H and O–H groups in total. The Morgan fingerprint density at radius 2 is 2.00 bits per heavy atom. The molecule has 2 aromatic rings. The maximum absolute atomic E-state index is 12.7. The average Bonchev–Trinajstić information content (AvgIpc) is 3.22. The van der Waals surface area contributed by atoms with Crippen molar-refractivity contribution in [2.75, 3.05) is 13.1 Å². The number of para-hydroxylation sites is 1. The van der Waals surface area contributed by atoms with Crippen LogP contribution in [0.15, 0.2) is 46.0 Å². The number of sulfonamides is 1. The van der Waals surface area contributed by atoms with Crippen LogP contribution in [0.4, 0.5) is 13.2 Å². The molecule has 11 heteroatoms. The second-order valence-corrected chi connectivity index (χ2v) is 9.62. The van der Waals surface area contributed by atoms with Crippen LogP contribution < -0.4 is 10.1 Å². The van der Waals surface area contributed by atoms with Gasteiger partial charge in [-0.25, -0.2) is 8.42 Å². The minimum absolute atomic E-state index is 0.0345. The summed E-state index contributed by atoms with van der Waals surface area (Å²) in [5, 5.41) is 4.26. The van der Waals surface area contributed by atoms with E-state index >= 15 is 0 Å². The molecule has 3 rings (SSSR count). The van der Waals surface area contributed by atoms with Gasteiger partial charge in [-0.05, 0) is 30.4 Å². The second-order valence-electron chi connectivity index (χ2n) is 6.51. The molecule has 158 valence electrons. The van der Waals surface area contributed by atoms with E-state index in [0.29, 0.717) is 19.4 Å². The fourth-order valence-corrected chi connectivity index (χ4v) is 5.78. The number of thiophene rings is 1. The van der Waals surface area contributed by atoms with E-state index in [1.807, 2.05) is 0 Å². The van der Waals surface area contributed by atoms with Gasteiger partial charge in [0.15, 0.2) is 0 Å². The summed E-state index contributed by atoms with van der Waals surface area (Å²) in [6.45, 7) is 0.207. The normalized spacial score (nSPS) is 18.4. The number of benzene rings is 1. The zero-order valence-electron chi connectivity index (χ0n) is 15.2. The number of nitrogens with zero attached hydrogens (tertiary/aromatic N) is 1. The molecule has 1 amide bonds. The number of nitrogens with one attached hydrogen (secondary N) is 1. The first kappa shape index (κ1) is 21.6. The van der Waals surface area contributed by atoms with Crippen LogP contribution in [-0.2, 0) is 21.4 Å². The number of halogens is 3. The monoisotopic (exact) mass is 448 g/mol. The van der Waals surface area contributed by atoms with Gasteiger partial charge in [-0.2, -0.15) is 4.31 Å². The first-order chi connectivity index (χ1) is 13.7. The summed E-state index contributed by atoms with van der Waals surface area (Å²) in [4.78, 5) is 12.5.